The summed E-state index contributed by atoms with van der Waals surface area (Å²) in [6, 6.07) is 0. The number of aryl methyl sites for hydroxylation is 1. The summed E-state index contributed by atoms with van der Waals surface area (Å²) in [6.45, 7) is 6.06. The number of aromatic amines is 1. The Kier molecular flexibility index (Phi) is 3.93. The van der Waals surface area contributed by atoms with Crippen molar-refractivity contribution in [3.8, 4) is 0 Å². The Bertz CT molecular complexity index is 562. The van der Waals surface area contributed by atoms with E-state index in [1.165, 1.54) is 5.56 Å². The van der Waals surface area contributed by atoms with Gasteiger partial charge in [0.2, 0.25) is 11.8 Å². The first-order valence-corrected chi connectivity index (χ1v) is 8.05. The van der Waals surface area contributed by atoms with E-state index in [-0.39, 0.29) is 11.8 Å². The quantitative estimate of drug-likeness (QED) is 0.865. The lowest BCUT2D eigenvalue weighted by Gasteiger charge is -2.40. The molecule has 2 saturated heterocycles. The molecular weight excluding hydrogens is 280 g/mol. The van der Waals surface area contributed by atoms with E-state index in [1.54, 1.807) is 0 Å². The number of piperidine rings is 2. The molecule has 22 heavy (non-hydrogen) atoms. The molecule has 0 aromatic carbocycles. The van der Waals surface area contributed by atoms with E-state index in [2.05, 4.69) is 15.5 Å². The Morgan fingerprint density at radius 1 is 1.41 bits per heavy atom. The Hall–Kier alpha value is -1.85. The fourth-order valence-electron chi connectivity index (χ4n) is 3.59. The number of likely N-dealkylation sites (tertiary alicyclic amines) is 1. The number of aromatic nitrogens is 2. The van der Waals surface area contributed by atoms with Crippen LogP contribution in [0.3, 0.4) is 0 Å². The minimum absolute atomic E-state index is 0.0550. The molecule has 3 rings (SSSR count). The molecule has 2 aliphatic heterocycles. The molecule has 1 atom stereocenters. The molecule has 2 amide bonds. The Morgan fingerprint density at radius 2 is 2.14 bits per heavy atom. The minimum atomic E-state index is -0.438. The smallest absolute Gasteiger partial charge is 0.230 e. The average molecular weight is 304 g/mol. The molecule has 2 N–H and O–H groups in total. The van der Waals surface area contributed by atoms with Crippen molar-refractivity contribution in [2.75, 3.05) is 19.6 Å². The maximum absolute atomic E-state index is 12.8. The second-order valence-corrected chi connectivity index (χ2v) is 6.85. The highest BCUT2D eigenvalue weighted by atomic mass is 16.2. The molecule has 2 fully saturated rings. The van der Waals surface area contributed by atoms with Crippen molar-refractivity contribution in [3.05, 3.63) is 17.5 Å². The van der Waals surface area contributed by atoms with E-state index in [0.717, 1.165) is 31.6 Å². The highest BCUT2D eigenvalue weighted by molar-refractivity contribution is 5.86. The molecule has 1 aromatic heterocycles. The summed E-state index contributed by atoms with van der Waals surface area (Å²) in [7, 11) is 0. The zero-order valence-corrected chi connectivity index (χ0v) is 13.3. The average Bonchev–Trinajstić information content (AvgIpc) is 2.96. The summed E-state index contributed by atoms with van der Waals surface area (Å²) in [6.07, 6.45) is 4.98. The van der Waals surface area contributed by atoms with Crippen LogP contribution in [0.1, 0.15) is 49.8 Å². The predicted octanol–water partition coefficient (Wildman–Crippen LogP) is 1.34. The molecule has 0 spiro atoms. The van der Waals surface area contributed by atoms with Gasteiger partial charge in [0.05, 0.1) is 11.6 Å². The number of amides is 2. The largest absolute Gasteiger partial charge is 0.355 e. The summed E-state index contributed by atoms with van der Waals surface area (Å²) in [4.78, 5) is 26.1. The molecule has 6 heteroatoms. The lowest BCUT2D eigenvalue weighted by atomic mass is 9.80. The lowest BCUT2D eigenvalue weighted by Crippen LogP contribution is -2.53. The normalized spacial score (nSPS) is 26.8. The molecule has 1 aromatic rings. The summed E-state index contributed by atoms with van der Waals surface area (Å²) < 4.78 is 0. The van der Waals surface area contributed by atoms with Crippen LogP contribution < -0.4 is 5.32 Å². The van der Waals surface area contributed by atoms with Gasteiger partial charge in [-0.1, -0.05) is 0 Å². The van der Waals surface area contributed by atoms with Crippen LogP contribution in [0.2, 0.25) is 0 Å². The third-order valence-corrected chi connectivity index (χ3v) is 5.19. The standard InChI is InChI=1S/C16H24N4O2/c1-11-13(9-18-19-11)12-4-7-20(8-5-12)15(22)16(2)6-3-14(21)17-10-16/h9,12H,3-8,10H2,1-2H3,(H,17,21)(H,18,19). The van der Waals surface area contributed by atoms with Crippen LogP contribution in [0.15, 0.2) is 6.20 Å². The summed E-state index contributed by atoms with van der Waals surface area (Å²) in [5, 5.41) is 9.92. The molecule has 0 saturated carbocycles. The van der Waals surface area contributed by atoms with Gasteiger partial charge in [-0.15, -0.1) is 0 Å². The van der Waals surface area contributed by atoms with Crippen molar-refractivity contribution in [2.24, 2.45) is 5.41 Å². The molecule has 3 heterocycles. The van der Waals surface area contributed by atoms with Crippen LogP contribution >= 0.6 is 0 Å². The molecule has 0 aliphatic carbocycles. The van der Waals surface area contributed by atoms with E-state index in [0.29, 0.717) is 25.3 Å². The number of carbonyl (C=O) groups is 2. The molecule has 2 aliphatic rings. The van der Waals surface area contributed by atoms with Crippen molar-refractivity contribution in [3.63, 3.8) is 0 Å². The molecule has 0 bridgehead atoms. The van der Waals surface area contributed by atoms with Gasteiger partial charge in [-0.3, -0.25) is 14.7 Å². The van der Waals surface area contributed by atoms with E-state index in [4.69, 9.17) is 0 Å². The van der Waals surface area contributed by atoms with Gasteiger partial charge in [-0.2, -0.15) is 5.10 Å². The number of nitrogens with one attached hydrogen (secondary N) is 2. The van der Waals surface area contributed by atoms with Gasteiger partial charge in [0.15, 0.2) is 0 Å². The molecule has 6 nitrogen and oxygen atoms in total. The van der Waals surface area contributed by atoms with Gasteiger partial charge < -0.3 is 10.2 Å². The summed E-state index contributed by atoms with van der Waals surface area (Å²) in [5.41, 5.74) is 1.97. The summed E-state index contributed by atoms with van der Waals surface area (Å²) in [5.74, 6) is 0.732. The number of hydrogen-bond donors (Lipinski definition) is 2. The Labute approximate surface area is 130 Å². The predicted molar refractivity (Wildman–Crippen MR) is 82.2 cm³/mol. The summed E-state index contributed by atoms with van der Waals surface area (Å²) >= 11 is 0. The van der Waals surface area contributed by atoms with Gasteiger partial charge in [0.1, 0.15) is 0 Å². The number of rotatable bonds is 2. The van der Waals surface area contributed by atoms with Crippen molar-refractivity contribution in [1.29, 1.82) is 0 Å². The topological polar surface area (TPSA) is 78.1 Å². The van der Waals surface area contributed by atoms with Gasteiger partial charge in [0, 0.05) is 31.7 Å². The van der Waals surface area contributed by atoms with Crippen LogP contribution in [-0.2, 0) is 9.59 Å². The number of H-pyrrole nitrogens is 1. The van der Waals surface area contributed by atoms with Crippen molar-refractivity contribution in [2.45, 2.75) is 45.4 Å². The lowest BCUT2D eigenvalue weighted by molar-refractivity contribution is -0.145. The fraction of sp³-hybridized carbons (Fsp3) is 0.688. The number of nitrogens with zero attached hydrogens (tertiary/aromatic N) is 2. The molecule has 120 valence electrons. The SMILES string of the molecule is Cc1[nH]ncc1C1CCN(C(=O)C2(C)CCC(=O)NC2)CC1. The van der Waals surface area contributed by atoms with Crippen molar-refractivity contribution in [1.82, 2.24) is 20.4 Å². The van der Waals surface area contributed by atoms with E-state index in [1.807, 2.05) is 24.9 Å². The van der Waals surface area contributed by atoms with Crippen LogP contribution in [0.5, 0.6) is 0 Å². The van der Waals surface area contributed by atoms with Crippen molar-refractivity contribution >= 4 is 11.8 Å². The second-order valence-electron chi connectivity index (χ2n) is 6.85. The Balaban J connectivity index is 1.60. The third-order valence-electron chi connectivity index (χ3n) is 5.19. The van der Waals surface area contributed by atoms with Gasteiger partial charge in [0.25, 0.3) is 0 Å². The highest BCUT2D eigenvalue weighted by Gasteiger charge is 2.40. The second kappa shape index (κ2) is 5.74. The van der Waals surface area contributed by atoms with E-state index >= 15 is 0 Å². The monoisotopic (exact) mass is 304 g/mol. The Morgan fingerprint density at radius 3 is 2.68 bits per heavy atom. The first-order valence-electron chi connectivity index (χ1n) is 8.05. The fourth-order valence-corrected chi connectivity index (χ4v) is 3.59. The maximum atomic E-state index is 12.8. The molecular formula is C16H24N4O2. The zero-order valence-electron chi connectivity index (χ0n) is 13.3. The first-order chi connectivity index (χ1) is 10.5. The maximum Gasteiger partial charge on any atom is 0.230 e. The van der Waals surface area contributed by atoms with Crippen LogP contribution in [0.25, 0.3) is 0 Å². The minimum Gasteiger partial charge on any atom is -0.355 e. The number of carbonyl (C=O) groups excluding carboxylic acids is 2. The first kappa shape index (κ1) is 15.1. The third kappa shape index (κ3) is 2.74. The zero-order chi connectivity index (χ0) is 15.7. The van der Waals surface area contributed by atoms with Crippen LogP contribution in [0, 0.1) is 12.3 Å². The van der Waals surface area contributed by atoms with Crippen LogP contribution in [0.4, 0.5) is 0 Å². The van der Waals surface area contributed by atoms with Gasteiger partial charge in [-0.05, 0) is 44.6 Å². The van der Waals surface area contributed by atoms with Gasteiger partial charge in [-0.25, -0.2) is 0 Å². The van der Waals surface area contributed by atoms with Crippen LogP contribution in [-0.4, -0.2) is 46.5 Å². The molecule has 1 unspecified atom stereocenters. The van der Waals surface area contributed by atoms with E-state index in [9.17, 15) is 9.59 Å². The van der Waals surface area contributed by atoms with E-state index < -0.39 is 5.41 Å². The van der Waals surface area contributed by atoms with Gasteiger partial charge >= 0.3 is 0 Å². The molecule has 0 radical (unpaired) electrons. The number of hydrogen-bond acceptors (Lipinski definition) is 3. The highest BCUT2D eigenvalue weighted by Crippen LogP contribution is 2.33. The van der Waals surface area contributed by atoms with Crippen molar-refractivity contribution < 1.29 is 9.59 Å².